The number of carbonyl (C=O) groups excluding carboxylic acids is 3. The molecule has 0 amide bonds. The fourth-order valence-corrected chi connectivity index (χ4v) is 15.6. The van der Waals surface area contributed by atoms with Gasteiger partial charge in [0.05, 0.1) is 74.0 Å². The summed E-state index contributed by atoms with van der Waals surface area (Å²) >= 11 is 21.8. The van der Waals surface area contributed by atoms with Gasteiger partial charge in [0, 0.05) is 167 Å². The summed E-state index contributed by atoms with van der Waals surface area (Å²) in [5, 5.41) is 17.5. The molecule has 3 radical (unpaired) electrons. The van der Waals surface area contributed by atoms with Crippen molar-refractivity contribution in [2.75, 3.05) is 164 Å². The number of aliphatic hydroxyl groups excluding tert-OH is 1. The Hall–Kier alpha value is -4.98. The Morgan fingerprint density at radius 2 is 0.972 bits per heavy atom. The number of aliphatic hydroxyl groups is 1. The first kappa shape index (κ1) is 97.1. The fraction of sp³-hybridized carbons (Fsp3) is 0.373. The second kappa shape index (κ2) is 49.3. The Kier molecular flexibility index (Phi) is 45.2. The number of nitrogens with one attached hydrogen (secondary N) is 1. The molecule has 5 aromatic carbocycles. The van der Waals surface area contributed by atoms with E-state index in [0.29, 0.717) is 24.6 Å². The number of thiazole rings is 4. The van der Waals surface area contributed by atoms with Gasteiger partial charge in [0.1, 0.15) is 31.1 Å². The normalized spacial score (nSPS) is 12.4. The molecule has 2 aliphatic heterocycles. The van der Waals surface area contributed by atoms with Gasteiger partial charge in [-0.1, -0.05) is 41.5 Å². The summed E-state index contributed by atoms with van der Waals surface area (Å²) < 4.78 is 11.1. The van der Waals surface area contributed by atoms with E-state index in [1.54, 1.807) is 41.1 Å². The van der Waals surface area contributed by atoms with Crippen LogP contribution in [0.2, 0.25) is 0 Å². The second-order valence-corrected chi connectivity index (χ2v) is 32.5. The number of carbonyl (C=O) groups is 3. The van der Waals surface area contributed by atoms with Crippen LogP contribution in [-0.2, 0) is 44.0 Å². The SMILES string of the molecule is CN(C)c1ccc(-c2nc(CBr)c(Br)s2)cc1.CN(C)c1ccc(C(N)=S)cc1.CN1CC(=O)c2sc(-c3ccc(N(C)C)cc3)nc2C1.CN1Cc2nc(-c3ccc(N(C)C)cc3)sc2C(O)C1.CNCC(=O)OC.COC(=O)CN(C)Cc1nc(-c2ccc(N(C)C)cc2)sc1Br.[B].[CH2-]CCC.[H-].[Li+].[Na+]. The molecule has 4 aromatic heterocycles. The maximum absolute atomic E-state index is 12.0. The number of methoxy groups -OCH3 is 2. The number of fused-ring (bicyclic) bond motifs is 2. The number of esters is 2. The fourth-order valence-electron chi connectivity index (χ4n) is 9.43. The summed E-state index contributed by atoms with van der Waals surface area (Å²) in [6.07, 6.45) is 1.87. The average Bonchev–Trinajstić information content (AvgIpc) is 1.66. The van der Waals surface area contributed by atoms with Gasteiger partial charge in [-0.25, -0.2) is 19.9 Å². The Morgan fingerprint density at radius 3 is 1.32 bits per heavy atom. The van der Waals surface area contributed by atoms with Crippen molar-refractivity contribution in [1.29, 1.82) is 0 Å². The smallest absolute Gasteiger partial charge is 1.00 e. The molecule has 0 spiro atoms. The summed E-state index contributed by atoms with van der Waals surface area (Å²) in [6.45, 7) is 9.60. The van der Waals surface area contributed by atoms with Gasteiger partial charge in [-0.05, 0) is 181 Å². The van der Waals surface area contributed by atoms with Gasteiger partial charge in [-0.2, -0.15) is 6.42 Å². The molecule has 2 aliphatic rings. The summed E-state index contributed by atoms with van der Waals surface area (Å²) in [5.74, 6) is -0.303. The summed E-state index contributed by atoms with van der Waals surface area (Å²) in [6, 6.07) is 41.2. The average molecular weight is 1730 g/mol. The molecule has 0 fully saturated rings. The van der Waals surface area contributed by atoms with Crippen LogP contribution < -0.4 is 84.0 Å². The molecule has 6 heterocycles. The van der Waals surface area contributed by atoms with Crippen molar-refractivity contribution in [2.45, 2.75) is 50.8 Å². The van der Waals surface area contributed by atoms with Crippen LogP contribution in [0.15, 0.2) is 129 Å². The van der Waals surface area contributed by atoms with E-state index in [9.17, 15) is 19.5 Å². The van der Waals surface area contributed by atoms with Crippen LogP contribution in [0.25, 0.3) is 42.3 Å². The number of unbranched alkanes of at least 4 members (excludes halogenated alkanes) is 1. The molecule has 1 atom stereocenters. The first-order valence-corrected chi connectivity index (χ1v) is 39.2. The van der Waals surface area contributed by atoms with Crippen LogP contribution in [0, 0.1) is 6.92 Å². The minimum atomic E-state index is -0.406. The van der Waals surface area contributed by atoms with Gasteiger partial charge >= 0.3 is 60.4 Å². The number of halogens is 3. The van der Waals surface area contributed by atoms with Crippen molar-refractivity contribution >= 4 is 165 Å². The topological polar surface area (TPSA) is 205 Å². The molecule has 561 valence electrons. The molecule has 11 rings (SSSR count). The Labute approximate surface area is 712 Å². The van der Waals surface area contributed by atoms with E-state index in [-0.39, 0.29) is 89.1 Å². The minimum Gasteiger partial charge on any atom is -1.00 e. The molecule has 106 heavy (non-hydrogen) atoms. The first-order chi connectivity index (χ1) is 48.9. The van der Waals surface area contributed by atoms with Crippen LogP contribution in [0.3, 0.4) is 0 Å². The zero-order valence-electron chi connectivity index (χ0n) is 65.6. The number of alkyl halides is 1. The van der Waals surface area contributed by atoms with Gasteiger partial charge in [0.15, 0.2) is 5.78 Å². The standard InChI is InChI=1S/C16H20BrN3O2S.C15H19N3OS.C15H17N3OS.C12H12Br2N2S.C9H12N2S.C4H9NO2.C4H9.B.Li.Na.H/c1-19(2)12-7-5-11(6-8-12)16-18-13(15(17)23-16)9-20(3)10-14(21)22-4;2*1-17(2)11-6-4-10(5-7-11)15-16-12-8-18(3)9-13(19)14(12)20-15;1-16(2)9-5-3-8(4-6-9)12-15-10(7-13)11(14)17-12;1-11(2)8-5-3-7(4-6-8)9(10)12;1-5-3-4(6)7-2;1-3-4-2;;;;/h5-8H,9-10H2,1-4H3;4-7,13,19H,8-9H2,1-3H3;4-7H,8-9H2,1-3H3;3-6H,7H2,1-2H3;3-6H,1-2H3,(H2,10,12);5H,3H2,1-2H3;1,3-4H2,2H3;;;;/q;;;;;;-1;;2*+1;-1. The van der Waals surface area contributed by atoms with E-state index in [4.69, 9.17) is 27.9 Å². The van der Waals surface area contributed by atoms with Crippen LogP contribution in [0.5, 0.6) is 0 Å². The maximum Gasteiger partial charge on any atom is 1.00 e. The first-order valence-electron chi connectivity index (χ1n) is 32.8. The Bertz CT molecular complexity index is 4110. The number of likely N-dealkylation sites (N-methyl/N-ethyl adjacent to an activating group) is 4. The van der Waals surface area contributed by atoms with Crippen molar-refractivity contribution < 1.29 is 78.8 Å². The monoisotopic (exact) mass is 1730 g/mol. The van der Waals surface area contributed by atoms with Crippen LogP contribution in [0.1, 0.15) is 70.2 Å². The summed E-state index contributed by atoms with van der Waals surface area (Å²) in [7, 11) is 30.5. The summed E-state index contributed by atoms with van der Waals surface area (Å²) in [5.41, 5.74) is 20.6. The third-order valence-electron chi connectivity index (χ3n) is 15.3. The van der Waals surface area contributed by atoms with E-state index in [2.05, 4.69) is 208 Å². The number of aromatic nitrogens is 4. The quantitative estimate of drug-likeness (QED) is 0.0241. The Balaban J connectivity index is 0.000000646. The third kappa shape index (κ3) is 31.1. The molecule has 0 bridgehead atoms. The van der Waals surface area contributed by atoms with E-state index in [1.165, 1.54) is 43.4 Å². The number of nitrogens with zero attached hydrogens (tertiary/aromatic N) is 12. The van der Waals surface area contributed by atoms with E-state index >= 15 is 0 Å². The van der Waals surface area contributed by atoms with Crippen LogP contribution >= 0.6 is 105 Å². The number of hydrogen-bond acceptors (Lipinski definition) is 24. The zero-order valence-corrected chi connectivity index (χ0v) is 75.4. The minimum absolute atomic E-state index is 0. The van der Waals surface area contributed by atoms with E-state index < -0.39 is 6.10 Å². The van der Waals surface area contributed by atoms with Crippen molar-refractivity contribution in [3.05, 3.63) is 174 Å². The number of thiocarbonyl (C=S) groups is 1. The molecule has 0 saturated carbocycles. The molecular weight excluding hydrogens is 1630 g/mol. The number of hydrogen-bond donors (Lipinski definition) is 3. The Morgan fingerprint density at radius 1 is 0.613 bits per heavy atom. The predicted octanol–water partition coefficient (Wildman–Crippen LogP) is 8.76. The van der Waals surface area contributed by atoms with Gasteiger partial charge < -0.3 is 58.5 Å². The maximum atomic E-state index is 12.0. The number of β-amino-alcohol motifs (C(OH)–C–C–N with tert-alkyl or cyclic N) is 1. The van der Waals surface area contributed by atoms with Gasteiger partial charge in [0.25, 0.3) is 0 Å². The number of nitrogens with two attached hydrogens (primary N) is 1. The molecular formula is C75H99BBr3LiN14NaO6S5. The van der Waals surface area contributed by atoms with Crippen molar-refractivity contribution in [3.8, 4) is 42.3 Å². The van der Waals surface area contributed by atoms with Gasteiger partial charge in [-0.15, -0.1) is 45.3 Å². The number of ether oxygens (including phenoxy) is 2. The number of rotatable bonds is 18. The molecule has 20 nitrogen and oxygen atoms in total. The molecule has 9 aromatic rings. The molecule has 0 saturated heterocycles. The van der Waals surface area contributed by atoms with E-state index in [1.807, 2.05) is 131 Å². The molecule has 31 heteroatoms. The summed E-state index contributed by atoms with van der Waals surface area (Å²) in [4.78, 5) is 70.7. The van der Waals surface area contributed by atoms with Crippen molar-refractivity contribution in [2.24, 2.45) is 5.73 Å². The zero-order chi connectivity index (χ0) is 76.2. The van der Waals surface area contributed by atoms with E-state index in [0.717, 1.165) is 130 Å². The number of Topliss-reactive ketones (excluding diaryl/α,β-unsaturated/α-hetero) is 1. The van der Waals surface area contributed by atoms with Crippen LogP contribution in [-0.4, -0.2) is 210 Å². The van der Waals surface area contributed by atoms with Crippen molar-refractivity contribution in [3.63, 3.8) is 0 Å². The number of ketones is 1. The van der Waals surface area contributed by atoms with Crippen LogP contribution in [0.4, 0.5) is 28.4 Å². The second-order valence-electron chi connectivity index (χ2n) is 24.8. The molecule has 1 unspecified atom stereocenters. The number of anilines is 5. The number of benzene rings is 5. The predicted molar refractivity (Wildman–Crippen MR) is 456 cm³/mol. The van der Waals surface area contributed by atoms with Gasteiger partial charge in [0.2, 0.25) is 0 Å². The molecule has 4 N–H and O–H groups in total. The molecule has 0 aliphatic carbocycles. The van der Waals surface area contributed by atoms with Gasteiger partial charge in [-0.3, -0.25) is 29.1 Å². The largest absolute Gasteiger partial charge is 1.00 e. The third-order valence-corrected chi connectivity index (χ3v) is 22.2. The van der Waals surface area contributed by atoms with Crippen molar-refractivity contribution in [1.82, 2.24) is 40.0 Å².